The first kappa shape index (κ1) is 22.1. The number of fused-ring (bicyclic) bond motifs is 1. The molecule has 0 saturated carbocycles. The molecule has 0 bridgehead atoms. The minimum atomic E-state index is 0. The first-order valence-corrected chi connectivity index (χ1v) is 8.65. The highest BCUT2D eigenvalue weighted by Gasteiger charge is 2.15. The Morgan fingerprint density at radius 2 is 1.92 bits per heavy atom. The third kappa shape index (κ3) is 5.76. The maximum atomic E-state index is 6.48. The van der Waals surface area contributed by atoms with Gasteiger partial charge in [-0.05, 0) is 43.7 Å². The number of halogens is 3. The minimum absolute atomic E-state index is 0. The molecule has 0 aliphatic carbocycles. The molecule has 1 aliphatic heterocycles. The van der Waals surface area contributed by atoms with E-state index in [1.54, 1.807) is 0 Å². The van der Waals surface area contributed by atoms with E-state index in [0.717, 1.165) is 79.5 Å². The number of nitrogens with zero attached hydrogens (tertiary/aromatic N) is 2. The molecule has 0 radical (unpaired) electrons. The highest BCUT2D eigenvalue weighted by Crippen LogP contribution is 2.29. The van der Waals surface area contributed by atoms with E-state index < -0.39 is 0 Å². The van der Waals surface area contributed by atoms with E-state index in [1.165, 1.54) is 0 Å². The number of rotatable bonds is 6. The van der Waals surface area contributed by atoms with E-state index >= 15 is 0 Å². The molecule has 2 heterocycles. The SMILES string of the molecule is Cl.Cl.NCCCCNc1ccc2nc(N3CCNCC3)c(Cl)cc2c1. The molecule has 1 aliphatic rings. The van der Waals surface area contributed by atoms with Gasteiger partial charge in [-0.3, -0.25) is 0 Å². The molecule has 0 atom stereocenters. The van der Waals surface area contributed by atoms with Gasteiger partial charge in [0.05, 0.1) is 10.5 Å². The Morgan fingerprint density at radius 1 is 1.16 bits per heavy atom. The van der Waals surface area contributed by atoms with Crippen LogP contribution in [0.3, 0.4) is 0 Å². The minimum Gasteiger partial charge on any atom is -0.385 e. The normalized spacial score (nSPS) is 13.9. The van der Waals surface area contributed by atoms with Crippen LogP contribution < -0.4 is 21.3 Å². The lowest BCUT2D eigenvalue weighted by atomic mass is 10.2. The van der Waals surface area contributed by atoms with Crippen LogP contribution >= 0.6 is 36.4 Å². The Balaban J connectivity index is 0.00000156. The summed E-state index contributed by atoms with van der Waals surface area (Å²) in [6.45, 7) is 5.51. The fourth-order valence-corrected chi connectivity index (χ4v) is 3.13. The molecule has 0 amide bonds. The zero-order valence-electron chi connectivity index (χ0n) is 14.1. The number of piperazine rings is 1. The number of benzene rings is 1. The molecule has 0 unspecified atom stereocenters. The molecule has 1 fully saturated rings. The van der Waals surface area contributed by atoms with Gasteiger partial charge in [-0.15, -0.1) is 24.8 Å². The van der Waals surface area contributed by atoms with Gasteiger partial charge in [0.1, 0.15) is 5.82 Å². The highest BCUT2D eigenvalue weighted by atomic mass is 35.5. The smallest absolute Gasteiger partial charge is 0.148 e. The van der Waals surface area contributed by atoms with Crippen LogP contribution in [-0.4, -0.2) is 44.3 Å². The molecule has 8 heteroatoms. The van der Waals surface area contributed by atoms with Crippen molar-refractivity contribution < 1.29 is 0 Å². The number of pyridine rings is 1. The van der Waals surface area contributed by atoms with Crippen LogP contribution in [0.15, 0.2) is 24.3 Å². The van der Waals surface area contributed by atoms with Gasteiger partial charge in [0.15, 0.2) is 0 Å². The van der Waals surface area contributed by atoms with Crippen molar-refractivity contribution in [3.05, 3.63) is 29.3 Å². The van der Waals surface area contributed by atoms with E-state index in [-0.39, 0.29) is 24.8 Å². The number of nitrogens with one attached hydrogen (secondary N) is 2. The second-order valence-corrected chi connectivity index (χ2v) is 6.27. The van der Waals surface area contributed by atoms with Crippen LogP contribution in [-0.2, 0) is 0 Å². The zero-order valence-corrected chi connectivity index (χ0v) is 16.5. The zero-order chi connectivity index (χ0) is 16.1. The standard InChI is InChI=1S/C17H24ClN5.2ClH/c18-15-12-13-11-14(21-6-2-1-5-19)3-4-16(13)22-17(15)23-9-7-20-8-10-23;;/h3-4,11-12,20-21H,1-2,5-10,19H2;2*1H. The molecule has 2 aromatic rings. The number of nitrogens with two attached hydrogens (primary N) is 1. The predicted octanol–water partition coefficient (Wildman–Crippen LogP) is 3.29. The van der Waals surface area contributed by atoms with Crippen molar-refractivity contribution in [2.75, 3.05) is 49.5 Å². The summed E-state index contributed by atoms with van der Waals surface area (Å²) in [5, 5.41) is 8.56. The summed E-state index contributed by atoms with van der Waals surface area (Å²) < 4.78 is 0. The van der Waals surface area contributed by atoms with Gasteiger partial charge in [-0.1, -0.05) is 11.6 Å². The Labute approximate surface area is 166 Å². The maximum absolute atomic E-state index is 6.48. The van der Waals surface area contributed by atoms with Gasteiger partial charge >= 0.3 is 0 Å². The topological polar surface area (TPSA) is 66.2 Å². The predicted molar refractivity (Wildman–Crippen MR) is 113 cm³/mol. The summed E-state index contributed by atoms with van der Waals surface area (Å²) in [6, 6.07) is 8.26. The lowest BCUT2D eigenvalue weighted by molar-refractivity contribution is 0.585. The number of unbranched alkanes of at least 4 members (excludes halogenated alkanes) is 1. The molecule has 3 rings (SSSR count). The molecule has 5 nitrogen and oxygen atoms in total. The molecule has 25 heavy (non-hydrogen) atoms. The third-order valence-electron chi connectivity index (χ3n) is 4.13. The summed E-state index contributed by atoms with van der Waals surface area (Å²) in [7, 11) is 0. The largest absolute Gasteiger partial charge is 0.385 e. The monoisotopic (exact) mass is 405 g/mol. The fraction of sp³-hybridized carbons (Fsp3) is 0.471. The molecule has 0 spiro atoms. The van der Waals surface area contributed by atoms with Crippen molar-refractivity contribution in [2.24, 2.45) is 5.73 Å². The summed E-state index contributed by atoms with van der Waals surface area (Å²) in [5.41, 5.74) is 7.60. The Hall–Kier alpha value is -0.980. The lowest BCUT2D eigenvalue weighted by Crippen LogP contribution is -2.44. The summed E-state index contributed by atoms with van der Waals surface area (Å²) in [5.74, 6) is 0.893. The van der Waals surface area contributed by atoms with Gasteiger partial charge in [0.25, 0.3) is 0 Å². The van der Waals surface area contributed by atoms with Crippen molar-refractivity contribution in [3.8, 4) is 0 Å². The molecule has 1 aromatic heterocycles. The highest BCUT2D eigenvalue weighted by molar-refractivity contribution is 6.33. The number of anilines is 2. The van der Waals surface area contributed by atoms with Gasteiger partial charge < -0.3 is 21.3 Å². The van der Waals surface area contributed by atoms with Crippen LogP contribution in [0.5, 0.6) is 0 Å². The van der Waals surface area contributed by atoms with E-state index in [0.29, 0.717) is 0 Å². The van der Waals surface area contributed by atoms with Crippen molar-refractivity contribution >= 4 is 58.8 Å². The Morgan fingerprint density at radius 3 is 2.64 bits per heavy atom. The van der Waals surface area contributed by atoms with E-state index in [1.807, 2.05) is 6.07 Å². The van der Waals surface area contributed by atoms with Crippen molar-refractivity contribution in [3.63, 3.8) is 0 Å². The molecular formula is C17H26Cl3N5. The molecular weight excluding hydrogens is 381 g/mol. The molecule has 1 saturated heterocycles. The quantitative estimate of drug-likeness (QED) is 0.642. The molecule has 1 aromatic carbocycles. The van der Waals surface area contributed by atoms with Crippen molar-refractivity contribution in [1.29, 1.82) is 0 Å². The average molecular weight is 407 g/mol. The summed E-state index contributed by atoms with van der Waals surface area (Å²) >= 11 is 6.48. The number of hydrogen-bond acceptors (Lipinski definition) is 5. The molecule has 4 N–H and O–H groups in total. The van der Waals surface area contributed by atoms with Crippen LogP contribution in [0.4, 0.5) is 11.5 Å². The van der Waals surface area contributed by atoms with Gasteiger partial charge in [-0.25, -0.2) is 4.98 Å². The lowest BCUT2D eigenvalue weighted by Gasteiger charge is -2.29. The van der Waals surface area contributed by atoms with Gasteiger partial charge in [0.2, 0.25) is 0 Å². The van der Waals surface area contributed by atoms with Gasteiger partial charge in [-0.2, -0.15) is 0 Å². The van der Waals surface area contributed by atoms with Crippen LogP contribution in [0.1, 0.15) is 12.8 Å². The first-order chi connectivity index (χ1) is 11.3. The summed E-state index contributed by atoms with van der Waals surface area (Å²) in [6.07, 6.45) is 2.12. The third-order valence-corrected chi connectivity index (χ3v) is 4.40. The van der Waals surface area contributed by atoms with E-state index in [4.69, 9.17) is 22.3 Å². The van der Waals surface area contributed by atoms with Crippen LogP contribution in [0, 0.1) is 0 Å². The molecule has 140 valence electrons. The van der Waals surface area contributed by atoms with Crippen LogP contribution in [0.25, 0.3) is 10.9 Å². The number of aromatic nitrogens is 1. The average Bonchev–Trinajstić information content (AvgIpc) is 2.59. The second-order valence-electron chi connectivity index (χ2n) is 5.86. The van der Waals surface area contributed by atoms with Crippen LogP contribution in [0.2, 0.25) is 5.02 Å². The second kappa shape index (κ2) is 10.9. The Kier molecular flexibility index (Phi) is 9.61. The summed E-state index contributed by atoms with van der Waals surface area (Å²) in [4.78, 5) is 7.02. The van der Waals surface area contributed by atoms with E-state index in [9.17, 15) is 0 Å². The Bertz CT molecular complexity index is 662. The van der Waals surface area contributed by atoms with Gasteiger partial charge in [0, 0.05) is 43.8 Å². The van der Waals surface area contributed by atoms with Crippen molar-refractivity contribution in [1.82, 2.24) is 10.3 Å². The number of hydrogen-bond donors (Lipinski definition) is 3. The van der Waals surface area contributed by atoms with E-state index in [2.05, 4.69) is 33.7 Å². The maximum Gasteiger partial charge on any atom is 0.148 e. The first-order valence-electron chi connectivity index (χ1n) is 8.28. The fourth-order valence-electron chi connectivity index (χ4n) is 2.85. The van der Waals surface area contributed by atoms with Crippen molar-refractivity contribution in [2.45, 2.75) is 12.8 Å².